The van der Waals surface area contributed by atoms with Crippen LogP contribution in [0.2, 0.25) is 5.02 Å². The van der Waals surface area contributed by atoms with E-state index in [2.05, 4.69) is 9.97 Å². The first-order chi connectivity index (χ1) is 14.4. The summed E-state index contributed by atoms with van der Waals surface area (Å²) in [5, 5.41) is 0.219. The van der Waals surface area contributed by atoms with Crippen LogP contribution in [0.3, 0.4) is 0 Å². The Hall–Kier alpha value is -2.74. The van der Waals surface area contributed by atoms with E-state index >= 15 is 0 Å². The minimum Gasteiger partial charge on any atom is -0.341 e. The smallest absolute Gasteiger partial charge is 0.274 e. The molecule has 0 spiro atoms. The first-order valence-corrected chi connectivity index (χ1v) is 10.4. The normalized spacial score (nSPS) is 16.8. The van der Waals surface area contributed by atoms with Gasteiger partial charge in [0, 0.05) is 44.8 Å². The second-order valence-corrected chi connectivity index (χ2v) is 8.02. The Morgan fingerprint density at radius 1 is 1.00 bits per heavy atom. The molecule has 2 aliphatic rings. The molecule has 0 radical (unpaired) electrons. The summed E-state index contributed by atoms with van der Waals surface area (Å²) in [4.78, 5) is 39.7. The number of benzene rings is 1. The fourth-order valence-electron chi connectivity index (χ4n) is 3.75. The van der Waals surface area contributed by atoms with Gasteiger partial charge in [0.2, 0.25) is 5.95 Å². The van der Waals surface area contributed by atoms with Crippen molar-refractivity contribution in [3.63, 3.8) is 0 Å². The number of amides is 2. The van der Waals surface area contributed by atoms with Crippen LogP contribution in [0, 0.1) is 12.7 Å². The third-order valence-corrected chi connectivity index (χ3v) is 5.87. The molecule has 2 aliphatic heterocycles. The number of carbonyl (C=O) groups is 2. The average molecular weight is 432 g/mol. The molecule has 30 heavy (non-hydrogen) atoms. The molecule has 7 nitrogen and oxygen atoms in total. The minimum atomic E-state index is -0.401. The van der Waals surface area contributed by atoms with Crippen LogP contribution in [0.4, 0.5) is 10.3 Å². The van der Waals surface area contributed by atoms with Gasteiger partial charge in [-0.25, -0.2) is 14.4 Å². The van der Waals surface area contributed by atoms with Crippen molar-refractivity contribution in [2.24, 2.45) is 0 Å². The first kappa shape index (κ1) is 20.5. The number of aryl methyl sites for hydroxylation is 1. The maximum absolute atomic E-state index is 13.8. The molecule has 2 fully saturated rings. The SMILES string of the molecule is Cc1ccc(C(=O)N2CCN(C(=O)c3nc(N4CCCC4)ncc3Cl)CC2)cc1F. The van der Waals surface area contributed by atoms with Gasteiger partial charge in [-0.2, -0.15) is 0 Å². The fraction of sp³-hybridized carbons (Fsp3) is 0.429. The molecular weight excluding hydrogens is 409 g/mol. The third-order valence-electron chi connectivity index (χ3n) is 5.60. The maximum atomic E-state index is 13.8. The van der Waals surface area contributed by atoms with Crippen molar-refractivity contribution in [3.8, 4) is 0 Å². The van der Waals surface area contributed by atoms with Crippen LogP contribution in [0.15, 0.2) is 24.4 Å². The Morgan fingerprint density at radius 2 is 1.63 bits per heavy atom. The Bertz CT molecular complexity index is 972. The van der Waals surface area contributed by atoms with Crippen molar-refractivity contribution >= 4 is 29.4 Å². The Labute approximate surface area is 179 Å². The summed E-state index contributed by atoms with van der Waals surface area (Å²) >= 11 is 6.21. The van der Waals surface area contributed by atoms with Crippen molar-refractivity contribution in [3.05, 3.63) is 52.1 Å². The van der Waals surface area contributed by atoms with Crippen LogP contribution in [-0.2, 0) is 0 Å². The highest BCUT2D eigenvalue weighted by Gasteiger charge is 2.28. The number of rotatable bonds is 3. The van der Waals surface area contributed by atoms with Crippen molar-refractivity contribution in [2.75, 3.05) is 44.2 Å². The van der Waals surface area contributed by atoms with Gasteiger partial charge in [-0.3, -0.25) is 9.59 Å². The average Bonchev–Trinajstić information content (AvgIpc) is 3.30. The largest absolute Gasteiger partial charge is 0.341 e. The summed E-state index contributed by atoms with van der Waals surface area (Å²) in [6.45, 7) is 4.84. The molecule has 158 valence electrons. The third kappa shape index (κ3) is 4.09. The Kier molecular flexibility index (Phi) is 5.85. The number of anilines is 1. The summed E-state index contributed by atoms with van der Waals surface area (Å²) in [6, 6.07) is 4.48. The molecule has 0 unspecified atom stereocenters. The zero-order chi connectivity index (χ0) is 21.3. The van der Waals surface area contributed by atoms with E-state index in [-0.39, 0.29) is 22.5 Å². The van der Waals surface area contributed by atoms with Gasteiger partial charge in [-0.15, -0.1) is 0 Å². The predicted molar refractivity (Wildman–Crippen MR) is 111 cm³/mol. The van der Waals surface area contributed by atoms with E-state index in [1.807, 2.05) is 4.90 Å². The molecule has 3 heterocycles. The zero-order valence-electron chi connectivity index (χ0n) is 16.8. The number of aromatic nitrogens is 2. The summed E-state index contributed by atoms with van der Waals surface area (Å²) in [5.74, 6) is -0.383. The van der Waals surface area contributed by atoms with Gasteiger partial charge in [0.15, 0.2) is 5.69 Å². The van der Waals surface area contributed by atoms with Crippen LogP contribution < -0.4 is 4.90 Å². The fourth-order valence-corrected chi connectivity index (χ4v) is 3.92. The second-order valence-electron chi connectivity index (χ2n) is 7.61. The molecule has 0 bridgehead atoms. The molecule has 2 amide bonds. The molecular formula is C21H23ClFN5O2. The zero-order valence-corrected chi connectivity index (χ0v) is 17.5. The quantitative estimate of drug-likeness (QED) is 0.747. The number of carbonyl (C=O) groups excluding carboxylic acids is 2. The Balaban J connectivity index is 1.42. The molecule has 2 aromatic rings. The van der Waals surface area contributed by atoms with Gasteiger partial charge >= 0.3 is 0 Å². The highest BCUT2D eigenvalue weighted by atomic mass is 35.5. The van der Waals surface area contributed by atoms with Crippen LogP contribution in [0.25, 0.3) is 0 Å². The lowest BCUT2D eigenvalue weighted by Crippen LogP contribution is -2.50. The highest BCUT2D eigenvalue weighted by Crippen LogP contribution is 2.22. The Morgan fingerprint density at radius 3 is 2.27 bits per heavy atom. The van der Waals surface area contributed by atoms with Crippen molar-refractivity contribution in [1.82, 2.24) is 19.8 Å². The molecule has 1 aromatic heterocycles. The first-order valence-electron chi connectivity index (χ1n) is 10.1. The summed E-state index contributed by atoms with van der Waals surface area (Å²) in [7, 11) is 0. The molecule has 0 aliphatic carbocycles. The molecule has 0 N–H and O–H groups in total. The van der Waals surface area contributed by atoms with Gasteiger partial charge < -0.3 is 14.7 Å². The number of piperazine rings is 1. The van der Waals surface area contributed by atoms with Crippen LogP contribution in [-0.4, -0.2) is 70.9 Å². The number of hydrogen-bond acceptors (Lipinski definition) is 5. The molecule has 0 saturated carbocycles. The predicted octanol–water partition coefficient (Wildman–Crippen LogP) is 2.78. The lowest BCUT2D eigenvalue weighted by molar-refractivity contribution is 0.0532. The van der Waals surface area contributed by atoms with E-state index in [9.17, 15) is 14.0 Å². The number of halogens is 2. The van der Waals surface area contributed by atoms with Crippen molar-refractivity contribution in [1.29, 1.82) is 0 Å². The summed E-state index contributed by atoms with van der Waals surface area (Å²) < 4.78 is 13.8. The summed E-state index contributed by atoms with van der Waals surface area (Å²) in [5.41, 5.74) is 0.998. The van der Waals surface area contributed by atoms with Crippen molar-refractivity contribution < 1.29 is 14.0 Å². The summed E-state index contributed by atoms with van der Waals surface area (Å²) in [6.07, 6.45) is 3.63. The maximum Gasteiger partial charge on any atom is 0.274 e. The van der Waals surface area contributed by atoms with E-state index in [1.165, 1.54) is 12.3 Å². The van der Waals surface area contributed by atoms with Crippen molar-refractivity contribution in [2.45, 2.75) is 19.8 Å². The molecule has 4 rings (SSSR count). The van der Waals surface area contributed by atoms with Gasteiger partial charge in [0.25, 0.3) is 11.8 Å². The molecule has 0 atom stereocenters. The second kappa shape index (κ2) is 8.55. The van der Waals surface area contributed by atoms with Gasteiger partial charge in [-0.05, 0) is 37.5 Å². The van der Waals surface area contributed by atoms with Crippen LogP contribution in [0.1, 0.15) is 39.3 Å². The van der Waals surface area contributed by atoms with E-state index in [0.717, 1.165) is 25.9 Å². The molecule has 9 heteroatoms. The highest BCUT2D eigenvalue weighted by molar-refractivity contribution is 6.33. The monoisotopic (exact) mass is 431 g/mol. The molecule has 1 aromatic carbocycles. The van der Waals surface area contributed by atoms with E-state index in [4.69, 9.17) is 11.6 Å². The van der Waals surface area contributed by atoms with E-state index in [1.54, 1.807) is 28.9 Å². The van der Waals surface area contributed by atoms with E-state index < -0.39 is 5.82 Å². The van der Waals surface area contributed by atoms with Gasteiger partial charge in [0.05, 0.1) is 11.2 Å². The topological polar surface area (TPSA) is 69.6 Å². The van der Waals surface area contributed by atoms with Crippen LogP contribution in [0.5, 0.6) is 0 Å². The molecule has 2 saturated heterocycles. The van der Waals surface area contributed by atoms with Gasteiger partial charge in [0.1, 0.15) is 5.82 Å². The van der Waals surface area contributed by atoms with Crippen LogP contribution >= 0.6 is 11.6 Å². The lowest BCUT2D eigenvalue weighted by atomic mass is 10.1. The standard InChI is InChI=1S/C21H23ClFN5O2/c1-14-4-5-15(12-17(14)23)19(29)26-8-10-27(11-9-26)20(30)18-16(22)13-24-21(25-18)28-6-2-3-7-28/h4-5,12-13H,2-3,6-11H2,1H3. The van der Waals surface area contributed by atoms with E-state index in [0.29, 0.717) is 43.3 Å². The number of nitrogens with zero attached hydrogens (tertiary/aromatic N) is 5. The van der Waals surface area contributed by atoms with Gasteiger partial charge in [-0.1, -0.05) is 17.7 Å². The lowest BCUT2D eigenvalue weighted by Gasteiger charge is -2.34. The minimum absolute atomic E-state index is 0.189. The number of hydrogen-bond donors (Lipinski definition) is 0.